The van der Waals surface area contributed by atoms with Crippen LogP contribution in [0.2, 0.25) is 0 Å². The maximum atomic E-state index is 12.1. The summed E-state index contributed by atoms with van der Waals surface area (Å²) in [6, 6.07) is 3.83. The molecule has 1 aliphatic carbocycles. The molecule has 1 aromatic heterocycles. The van der Waals surface area contributed by atoms with Crippen LogP contribution in [-0.2, 0) is 16.4 Å². The molecule has 1 aliphatic rings. The first kappa shape index (κ1) is 15.0. The molecule has 1 fully saturated rings. The van der Waals surface area contributed by atoms with E-state index in [-0.39, 0.29) is 11.8 Å². The molecule has 1 atom stereocenters. The zero-order valence-corrected chi connectivity index (χ0v) is 12.7. The SMILES string of the molecule is NCC(NS(=O)(=O)CCc1cccs1)C1CCCC1. The first-order valence-electron chi connectivity index (χ1n) is 6.83. The van der Waals surface area contributed by atoms with E-state index >= 15 is 0 Å². The Morgan fingerprint density at radius 2 is 2.16 bits per heavy atom. The number of hydrogen-bond donors (Lipinski definition) is 2. The normalized spacial score (nSPS) is 18.8. The van der Waals surface area contributed by atoms with Crippen molar-refractivity contribution >= 4 is 21.4 Å². The Balaban J connectivity index is 1.87. The van der Waals surface area contributed by atoms with Crippen LogP contribution < -0.4 is 10.5 Å². The van der Waals surface area contributed by atoms with Gasteiger partial charge in [0.05, 0.1) is 5.75 Å². The van der Waals surface area contributed by atoms with Gasteiger partial charge in [0.1, 0.15) is 0 Å². The third kappa shape index (κ3) is 4.56. The minimum absolute atomic E-state index is 0.0872. The zero-order chi connectivity index (χ0) is 13.7. The molecule has 1 heterocycles. The van der Waals surface area contributed by atoms with Gasteiger partial charge in [-0.1, -0.05) is 18.9 Å². The summed E-state index contributed by atoms with van der Waals surface area (Å²) >= 11 is 1.60. The number of rotatable bonds is 7. The fourth-order valence-corrected chi connectivity index (χ4v) is 4.87. The Labute approximate surface area is 119 Å². The second-order valence-corrected chi connectivity index (χ2v) is 8.06. The van der Waals surface area contributed by atoms with Gasteiger partial charge in [-0.25, -0.2) is 13.1 Å². The van der Waals surface area contributed by atoms with Crippen molar-refractivity contribution in [1.29, 1.82) is 0 Å². The number of nitrogens with one attached hydrogen (secondary N) is 1. The van der Waals surface area contributed by atoms with Crippen LogP contribution >= 0.6 is 11.3 Å². The second kappa shape index (κ2) is 6.83. The summed E-state index contributed by atoms with van der Waals surface area (Å²) in [5, 5.41) is 1.97. The predicted molar refractivity (Wildman–Crippen MR) is 79.7 cm³/mol. The molecule has 108 valence electrons. The van der Waals surface area contributed by atoms with Crippen LogP contribution in [0.25, 0.3) is 0 Å². The van der Waals surface area contributed by atoms with Gasteiger partial charge >= 0.3 is 0 Å². The van der Waals surface area contributed by atoms with Gasteiger partial charge in [-0.15, -0.1) is 11.3 Å². The first-order valence-corrected chi connectivity index (χ1v) is 9.36. The van der Waals surface area contributed by atoms with Gasteiger partial charge in [-0.05, 0) is 36.6 Å². The first-order chi connectivity index (χ1) is 9.11. The van der Waals surface area contributed by atoms with Crippen LogP contribution in [-0.4, -0.2) is 26.8 Å². The highest BCUT2D eigenvalue weighted by atomic mass is 32.2. The molecule has 0 aliphatic heterocycles. The van der Waals surface area contributed by atoms with Crippen LogP contribution in [0.4, 0.5) is 0 Å². The molecule has 0 bridgehead atoms. The second-order valence-electron chi connectivity index (χ2n) is 5.15. The molecule has 0 amide bonds. The molecular weight excluding hydrogens is 280 g/mol. The topological polar surface area (TPSA) is 72.2 Å². The fraction of sp³-hybridized carbons (Fsp3) is 0.692. The van der Waals surface area contributed by atoms with E-state index in [2.05, 4.69) is 4.72 Å². The van der Waals surface area contributed by atoms with Crippen molar-refractivity contribution in [3.63, 3.8) is 0 Å². The third-order valence-corrected chi connectivity index (χ3v) is 6.09. The van der Waals surface area contributed by atoms with E-state index in [0.717, 1.165) is 17.7 Å². The van der Waals surface area contributed by atoms with Crippen LogP contribution in [0.5, 0.6) is 0 Å². The maximum absolute atomic E-state index is 12.1. The van der Waals surface area contributed by atoms with E-state index in [4.69, 9.17) is 5.73 Å². The summed E-state index contributed by atoms with van der Waals surface area (Å²) in [5.41, 5.74) is 5.73. The summed E-state index contributed by atoms with van der Waals surface area (Å²) in [7, 11) is -3.23. The largest absolute Gasteiger partial charge is 0.329 e. The molecule has 3 N–H and O–H groups in total. The molecule has 0 aromatic carbocycles. The van der Waals surface area contributed by atoms with Crippen molar-refractivity contribution in [2.45, 2.75) is 38.1 Å². The van der Waals surface area contributed by atoms with Crippen LogP contribution in [0.1, 0.15) is 30.6 Å². The molecule has 4 nitrogen and oxygen atoms in total. The predicted octanol–water partition coefficient (Wildman–Crippen LogP) is 1.73. The molecular formula is C13H22N2O2S2. The van der Waals surface area contributed by atoms with Crippen LogP contribution in [0, 0.1) is 5.92 Å². The summed E-state index contributed by atoms with van der Waals surface area (Å²) in [6.45, 7) is 0.392. The van der Waals surface area contributed by atoms with Gasteiger partial charge in [-0.3, -0.25) is 0 Å². The van der Waals surface area contributed by atoms with Crippen molar-refractivity contribution in [2.75, 3.05) is 12.3 Å². The third-order valence-electron chi connectivity index (χ3n) is 3.75. The molecule has 0 spiro atoms. The fourth-order valence-electron chi connectivity index (χ4n) is 2.68. The molecule has 0 radical (unpaired) electrons. The van der Waals surface area contributed by atoms with Crippen molar-refractivity contribution in [3.05, 3.63) is 22.4 Å². The van der Waals surface area contributed by atoms with Crippen molar-refractivity contribution in [2.24, 2.45) is 11.7 Å². The molecule has 6 heteroatoms. The number of sulfonamides is 1. The van der Waals surface area contributed by atoms with E-state index in [1.165, 1.54) is 12.8 Å². The van der Waals surface area contributed by atoms with E-state index < -0.39 is 10.0 Å². The van der Waals surface area contributed by atoms with Gasteiger partial charge in [0.2, 0.25) is 10.0 Å². The minimum Gasteiger partial charge on any atom is -0.329 e. The molecule has 19 heavy (non-hydrogen) atoms. The molecule has 1 aromatic rings. The standard InChI is InChI=1S/C13H22N2O2S2/c14-10-13(11-4-1-2-5-11)15-19(16,17)9-7-12-6-3-8-18-12/h3,6,8,11,13,15H,1-2,4-5,7,9-10,14H2. The lowest BCUT2D eigenvalue weighted by molar-refractivity contribution is 0.405. The highest BCUT2D eigenvalue weighted by Gasteiger charge is 2.27. The van der Waals surface area contributed by atoms with E-state index in [9.17, 15) is 8.42 Å². The Hall–Kier alpha value is -0.430. The van der Waals surface area contributed by atoms with E-state index in [1.807, 2.05) is 17.5 Å². The zero-order valence-electron chi connectivity index (χ0n) is 11.0. The lowest BCUT2D eigenvalue weighted by Crippen LogP contribution is -2.45. The average Bonchev–Trinajstić information content (AvgIpc) is 3.06. The minimum atomic E-state index is -3.23. The van der Waals surface area contributed by atoms with Crippen molar-refractivity contribution in [3.8, 4) is 0 Å². The summed E-state index contributed by atoms with van der Waals surface area (Å²) in [4.78, 5) is 1.11. The number of thiophene rings is 1. The molecule has 2 rings (SSSR count). The number of aryl methyl sites for hydroxylation is 1. The average molecular weight is 302 g/mol. The highest BCUT2D eigenvalue weighted by molar-refractivity contribution is 7.89. The Morgan fingerprint density at radius 3 is 2.74 bits per heavy atom. The Kier molecular flexibility index (Phi) is 5.38. The summed E-state index contributed by atoms with van der Waals surface area (Å²) < 4.78 is 27.0. The molecule has 0 saturated heterocycles. The maximum Gasteiger partial charge on any atom is 0.212 e. The lowest BCUT2D eigenvalue weighted by atomic mass is 9.99. The quantitative estimate of drug-likeness (QED) is 0.805. The summed E-state index contributed by atoms with van der Waals surface area (Å²) in [6.07, 6.45) is 5.15. The van der Waals surface area contributed by atoms with Gasteiger partial charge in [0.25, 0.3) is 0 Å². The smallest absolute Gasteiger partial charge is 0.212 e. The van der Waals surface area contributed by atoms with Crippen molar-refractivity contribution in [1.82, 2.24) is 4.72 Å². The number of hydrogen-bond acceptors (Lipinski definition) is 4. The monoisotopic (exact) mass is 302 g/mol. The van der Waals surface area contributed by atoms with Gasteiger partial charge in [0, 0.05) is 17.5 Å². The van der Waals surface area contributed by atoms with Crippen LogP contribution in [0.15, 0.2) is 17.5 Å². The number of nitrogens with two attached hydrogens (primary N) is 1. The van der Waals surface area contributed by atoms with E-state index in [1.54, 1.807) is 11.3 Å². The highest BCUT2D eigenvalue weighted by Crippen LogP contribution is 2.27. The Bertz CT molecular complexity index is 465. The summed E-state index contributed by atoms with van der Waals surface area (Å²) in [5.74, 6) is 0.568. The van der Waals surface area contributed by atoms with Gasteiger partial charge in [0.15, 0.2) is 0 Å². The van der Waals surface area contributed by atoms with Crippen molar-refractivity contribution < 1.29 is 8.42 Å². The van der Waals surface area contributed by atoms with Crippen LogP contribution in [0.3, 0.4) is 0 Å². The molecule has 1 unspecified atom stereocenters. The molecule has 1 saturated carbocycles. The van der Waals surface area contributed by atoms with E-state index in [0.29, 0.717) is 18.9 Å². The lowest BCUT2D eigenvalue weighted by Gasteiger charge is -2.22. The van der Waals surface area contributed by atoms with Gasteiger partial charge < -0.3 is 5.73 Å². The van der Waals surface area contributed by atoms with Gasteiger partial charge in [-0.2, -0.15) is 0 Å². The Morgan fingerprint density at radius 1 is 1.42 bits per heavy atom.